The molecule has 0 aliphatic heterocycles. The molecule has 0 fully saturated rings. The maximum Gasteiger partial charge on any atom is 0.407 e. The van der Waals surface area contributed by atoms with E-state index in [1.54, 1.807) is 27.7 Å². The monoisotopic (exact) mass is 299 g/mol. The standard InChI is InChI=1S/C14H21NO4S/c1-9-6-7-20-11(9)12(16)18-8-10(2)15-13(17)19-14(3,4)5/h6-7,10H,8H2,1-5H3,(H,15,17)/t10-/m0/s1. The number of rotatable bonds is 4. The van der Waals surface area contributed by atoms with Crippen LogP contribution < -0.4 is 5.32 Å². The van der Waals surface area contributed by atoms with E-state index in [-0.39, 0.29) is 18.6 Å². The smallest absolute Gasteiger partial charge is 0.407 e. The first kappa shape index (κ1) is 16.5. The van der Waals surface area contributed by atoms with Gasteiger partial charge in [0.1, 0.15) is 17.1 Å². The molecule has 1 aromatic heterocycles. The van der Waals surface area contributed by atoms with E-state index < -0.39 is 11.7 Å². The van der Waals surface area contributed by atoms with Gasteiger partial charge >= 0.3 is 12.1 Å². The van der Waals surface area contributed by atoms with Gasteiger partial charge in [0.05, 0.1) is 6.04 Å². The average molecular weight is 299 g/mol. The van der Waals surface area contributed by atoms with Gasteiger partial charge in [-0.05, 0) is 51.6 Å². The molecule has 0 spiro atoms. The molecular weight excluding hydrogens is 278 g/mol. The molecule has 0 aliphatic rings. The van der Waals surface area contributed by atoms with Crippen molar-refractivity contribution in [3.05, 3.63) is 21.9 Å². The molecule has 20 heavy (non-hydrogen) atoms. The molecule has 112 valence electrons. The second kappa shape index (κ2) is 6.74. The lowest BCUT2D eigenvalue weighted by molar-refractivity contribution is 0.0383. The first-order valence-corrected chi connectivity index (χ1v) is 7.28. The predicted molar refractivity (Wildman–Crippen MR) is 78.2 cm³/mol. The Balaban J connectivity index is 2.37. The number of nitrogens with one attached hydrogen (secondary N) is 1. The maximum atomic E-state index is 11.8. The summed E-state index contributed by atoms with van der Waals surface area (Å²) in [6.07, 6.45) is -0.520. The van der Waals surface area contributed by atoms with Gasteiger partial charge in [0.25, 0.3) is 0 Å². The SMILES string of the molecule is Cc1ccsc1C(=O)OC[C@H](C)NC(=O)OC(C)(C)C. The Kier molecular flexibility index (Phi) is 5.56. The van der Waals surface area contributed by atoms with Gasteiger partial charge in [0.15, 0.2) is 0 Å². The lowest BCUT2D eigenvalue weighted by Crippen LogP contribution is -2.40. The topological polar surface area (TPSA) is 64.6 Å². The van der Waals surface area contributed by atoms with E-state index >= 15 is 0 Å². The molecule has 1 atom stereocenters. The van der Waals surface area contributed by atoms with Crippen LogP contribution in [0.5, 0.6) is 0 Å². The van der Waals surface area contributed by atoms with Crippen LogP contribution in [0.15, 0.2) is 11.4 Å². The van der Waals surface area contributed by atoms with Crippen molar-refractivity contribution in [3.63, 3.8) is 0 Å². The summed E-state index contributed by atoms with van der Waals surface area (Å²) in [5.74, 6) is -0.365. The Morgan fingerprint density at radius 1 is 1.40 bits per heavy atom. The molecule has 0 bridgehead atoms. The second-order valence-electron chi connectivity index (χ2n) is 5.58. The van der Waals surface area contributed by atoms with Gasteiger partial charge < -0.3 is 14.8 Å². The molecule has 1 aromatic rings. The van der Waals surface area contributed by atoms with Crippen molar-refractivity contribution in [1.82, 2.24) is 5.32 Å². The number of hydrogen-bond acceptors (Lipinski definition) is 5. The minimum atomic E-state index is -0.547. The number of aryl methyl sites for hydroxylation is 1. The lowest BCUT2D eigenvalue weighted by Gasteiger charge is -2.21. The number of alkyl carbamates (subject to hydrolysis) is 1. The van der Waals surface area contributed by atoms with Gasteiger partial charge in [-0.3, -0.25) is 0 Å². The van der Waals surface area contributed by atoms with Crippen LogP contribution in [0.4, 0.5) is 4.79 Å². The fourth-order valence-corrected chi connectivity index (χ4v) is 2.22. The van der Waals surface area contributed by atoms with Gasteiger partial charge in [-0.1, -0.05) is 0 Å². The Morgan fingerprint density at radius 2 is 2.05 bits per heavy atom. The highest BCUT2D eigenvalue weighted by Crippen LogP contribution is 2.16. The fraction of sp³-hybridized carbons (Fsp3) is 0.571. The highest BCUT2D eigenvalue weighted by Gasteiger charge is 2.19. The van der Waals surface area contributed by atoms with Crippen molar-refractivity contribution in [2.75, 3.05) is 6.61 Å². The average Bonchev–Trinajstić information content (AvgIpc) is 2.69. The molecule has 1 rings (SSSR count). The minimum absolute atomic E-state index is 0.107. The molecule has 0 saturated carbocycles. The van der Waals surface area contributed by atoms with Gasteiger partial charge in [-0.2, -0.15) is 0 Å². The van der Waals surface area contributed by atoms with Crippen LogP contribution >= 0.6 is 11.3 Å². The number of thiophene rings is 1. The van der Waals surface area contributed by atoms with Gasteiger partial charge in [-0.15, -0.1) is 11.3 Å². The summed E-state index contributed by atoms with van der Waals surface area (Å²) < 4.78 is 10.3. The highest BCUT2D eigenvalue weighted by molar-refractivity contribution is 7.12. The zero-order chi connectivity index (χ0) is 15.3. The quantitative estimate of drug-likeness (QED) is 0.868. The number of carbonyl (C=O) groups excluding carboxylic acids is 2. The van der Waals surface area contributed by atoms with E-state index in [1.165, 1.54) is 11.3 Å². The summed E-state index contributed by atoms with van der Waals surface area (Å²) in [5.41, 5.74) is 0.349. The van der Waals surface area contributed by atoms with Crippen molar-refractivity contribution in [3.8, 4) is 0 Å². The summed E-state index contributed by atoms with van der Waals surface area (Å²) in [6.45, 7) is 9.08. The third-order valence-electron chi connectivity index (χ3n) is 2.28. The lowest BCUT2D eigenvalue weighted by atomic mass is 10.2. The number of amides is 1. The molecule has 5 nitrogen and oxygen atoms in total. The van der Waals surface area contributed by atoms with Gasteiger partial charge in [0.2, 0.25) is 0 Å². The largest absolute Gasteiger partial charge is 0.459 e. The number of hydrogen-bond donors (Lipinski definition) is 1. The zero-order valence-electron chi connectivity index (χ0n) is 12.5. The maximum absolute atomic E-state index is 11.8. The molecule has 0 saturated heterocycles. The summed E-state index contributed by atoms with van der Waals surface area (Å²) in [4.78, 5) is 23.9. The molecular formula is C14H21NO4S. The second-order valence-corrected chi connectivity index (χ2v) is 6.49. The molecule has 1 heterocycles. The van der Waals surface area contributed by atoms with E-state index in [9.17, 15) is 9.59 Å². The summed E-state index contributed by atoms with van der Waals surface area (Å²) in [6, 6.07) is 1.55. The first-order chi connectivity index (χ1) is 9.19. The predicted octanol–water partition coefficient (Wildman–Crippen LogP) is 3.13. The zero-order valence-corrected chi connectivity index (χ0v) is 13.3. The molecule has 1 N–H and O–H groups in total. The van der Waals surface area contributed by atoms with Crippen LogP contribution in [-0.4, -0.2) is 30.3 Å². The Labute approximate surface area is 123 Å². The van der Waals surface area contributed by atoms with Crippen LogP contribution in [0, 0.1) is 6.92 Å². The first-order valence-electron chi connectivity index (χ1n) is 6.40. The van der Waals surface area contributed by atoms with E-state index in [4.69, 9.17) is 9.47 Å². The molecule has 1 amide bonds. The Bertz CT molecular complexity index is 476. The highest BCUT2D eigenvalue weighted by atomic mass is 32.1. The molecule has 0 radical (unpaired) electrons. The van der Waals surface area contributed by atoms with Crippen LogP contribution in [0.25, 0.3) is 0 Å². The summed E-state index contributed by atoms with van der Waals surface area (Å²) in [7, 11) is 0. The van der Waals surface area contributed by atoms with Crippen molar-refractivity contribution in [2.45, 2.75) is 46.3 Å². The summed E-state index contributed by atoms with van der Waals surface area (Å²) in [5, 5.41) is 4.46. The third-order valence-corrected chi connectivity index (χ3v) is 3.27. The van der Waals surface area contributed by atoms with E-state index in [2.05, 4.69) is 5.32 Å². The minimum Gasteiger partial charge on any atom is -0.459 e. The van der Waals surface area contributed by atoms with E-state index in [0.29, 0.717) is 4.88 Å². The summed E-state index contributed by atoms with van der Waals surface area (Å²) >= 11 is 1.34. The fourth-order valence-electron chi connectivity index (χ4n) is 1.40. The van der Waals surface area contributed by atoms with Crippen molar-refractivity contribution in [1.29, 1.82) is 0 Å². The van der Waals surface area contributed by atoms with Crippen molar-refractivity contribution >= 4 is 23.4 Å². The normalized spacial score (nSPS) is 12.7. The number of carbonyl (C=O) groups is 2. The third kappa shape index (κ3) is 5.61. The Hall–Kier alpha value is -1.56. The molecule has 0 aliphatic carbocycles. The van der Waals surface area contributed by atoms with Gasteiger partial charge in [-0.25, -0.2) is 9.59 Å². The van der Waals surface area contributed by atoms with Crippen molar-refractivity contribution < 1.29 is 19.1 Å². The van der Waals surface area contributed by atoms with Crippen molar-refractivity contribution in [2.24, 2.45) is 0 Å². The molecule has 6 heteroatoms. The van der Waals surface area contributed by atoms with E-state index in [0.717, 1.165) is 5.56 Å². The Morgan fingerprint density at radius 3 is 2.55 bits per heavy atom. The van der Waals surface area contributed by atoms with Crippen LogP contribution in [-0.2, 0) is 9.47 Å². The van der Waals surface area contributed by atoms with Crippen LogP contribution in [0.3, 0.4) is 0 Å². The van der Waals surface area contributed by atoms with Gasteiger partial charge in [0, 0.05) is 0 Å². The number of ether oxygens (including phenoxy) is 2. The van der Waals surface area contributed by atoms with Crippen LogP contribution in [0.1, 0.15) is 42.9 Å². The number of esters is 1. The van der Waals surface area contributed by atoms with Crippen LogP contribution in [0.2, 0.25) is 0 Å². The molecule has 0 unspecified atom stereocenters. The van der Waals surface area contributed by atoms with E-state index in [1.807, 2.05) is 18.4 Å². The molecule has 0 aromatic carbocycles.